The Kier molecular flexibility index (Phi) is 23.7. The summed E-state index contributed by atoms with van der Waals surface area (Å²) in [6.07, 6.45) is 0. The van der Waals surface area contributed by atoms with Crippen molar-refractivity contribution in [3.05, 3.63) is 0 Å². The molecule has 0 aromatic rings. The van der Waals surface area contributed by atoms with Crippen molar-refractivity contribution in [2.24, 2.45) is 0 Å². The molecule has 0 aliphatic heterocycles. The minimum absolute atomic E-state index is 0.00360. The maximum absolute atomic E-state index is 11.7. The predicted molar refractivity (Wildman–Crippen MR) is 111 cm³/mol. The second-order valence-electron chi connectivity index (χ2n) is 6.17. The lowest BCUT2D eigenvalue weighted by Crippen LogP contribution is -2.35. The number of methoxy groups -OCH3 is 2. The Morgan fingerprint density at radius 1 is 0.500 bits per heavy atom. The molecule has 0 atom stereocenters. The van der Waals surface area contributed by atoms with Crippen LogP contribution in [-0.4, -0.2) is 131 Å². The molecule has 0 saturated heterocycles. The quantitative estimate of drug-likeness (QED) is 0.196. The molecule has 0 spiro atoms. The minimum Gasteiger partial charge on any atom is -0.382 e. The monoisotopic (exact) mass is 439 g/mol. The Labute approximate surface area is 181 Å². The van der Waals surface area contributed by atoms with Gasteiger partial charge >= 0.3 is 0 Å². The maximum atomic E-state index is 11.7. The molecule has 10 heteroatoms. The van der Waals surface area contributed by atoms with Crippen LogP contribution in [0.5, 0.6) is 0 Å². The van der Waals surface area contributed by atoms with E-state index in [2.05, 4.69) is 0 Å². The highest BCUT2D eigenvalue weighted by molar-refractivity contribution is 5.73. The summed E-state index contributed by atoms with van der Waals surface area (Å²) in [6, 6.07) is 0. The van der Waals surface area contributed by atoms with Gasteiger partial charge in [0.15, 0.2) is 0 Å². The van der Waals surface area contributed by atoms with Crippen molar-refractivity contribution in [1.29, 1.82) is 0 Å². The SMILES string of the molecule is COCCOCCOCCOCCN(CCOCCOCCOCCOC)C(C)=O. The molecule has 30 heavy (non-hydrogen) atoms. The molecular weight excluding hydrogens is 398 g/mol. The third-order valence-electron chi connectivity index (χ3n) is 3.81. The molecule has 0 aromatic carbocycles. The lowest BCUT2D eigenvalue weighted by atomic mass is 10.4. The Balaban J connectivity index is 3.43. The van der Waals surface area contributed by atoms with Gasteiger partial charge in [0.25, 0.3) is 0 Å². The highest BCUT2D eigenvalue weighted by atomic mass is 16.6. The molecule has 10 nitrogen and oxygen atoms in total. The van der Waals surface area contributed by atoms with Gasteiger partial charge in [-0.2, -0.15) is 0 Å². The van der Waals surface area contributed by atoms with Crippen LogP contribution >= 0.6 is 0 Å². The number of carbonyl (C=O) groups excluding carboxylic acids is 1. The molecular formula is C20H41NO9. The average Bonchev–Trinajstić information content (AvgIpc) is 2.74. The van der Waals surface area contributed by atoms with Gasteiger partial charge in [0.2, 0.25) is 5.91 Å². The molecule has 0 aromatic heterocycles. The minimum atomic E-state index is -0.00360. The zero-order chi connectivity index (χ0) is 22.1. The third kappa shape index (κ3) is 21.8. The summed E-state index contributed by atoms with van der Waals surface area (Å²) in [5.74, 6) is -0.00360. The zero-order valence-electron chi connectivity index (χ0n) is 18.9. The van der Waals surface area contributed by atoms with Crippen molar-refractivity contribution in [3.8, 4) is 0 Å². The van der Waals surface area contributed by atoms with Crippen LogP contribution in [0.15, 0.2) is 0 Å². The van der Waals surface area contributed by atoms with Crippen LogP contribution < -0.4 is 0 Å². The topological polar surface area (TPSA) is 94.2 Å². The van der Waals surface area contributed by atoms with Gasteiger partial charge in [-0.1, -0.05) is 0 Å². The molecule has 0 radical (unpaired) electrons. The summed E-state index contributed by atoms with van der Waals surface area (Å²) in [5, 5.41) is 0. The Morgan fingerprint density at radius 2 is 0.767 bits per heavy atom. The standard InChI is InChI=1S/C20H41NO9/c1-20(22)21(4-6-25-12-14-29-18-16-27-10-8-23-2)5-7-26-13-15-30-19-17-28-11-9-24-3/h4-19H2,1-3H3. The van der Waals surface area contributed by atoms with Crippen LogP contribution in [0.3, 0.4) is 0 Å². The van der Waals surface area contributed by atoms with Crippen LogP contribution in [0.4, 0.5) is 0 Å². The van der Waals surface area contributed by atoms with E-state index in [4.69, 9.17) is 37.9 Å². The molecule has 180 valence electrons. The molecule has 0 bridgehead atoms. The van der Waals surface area contributed by atoms with E-state index in [0.29, 0.717) is 106 Å². The predicted octanol–water partition coefficient (Wildman–Crippen LogP) is 0.227. The third-order valence-corrected chi connectivity index (χ3v) is 3.81. The first-order valence-corrected chi connectivity index (χ1v) is 10.4. The fourth-order valence-corrected chi connectivity index (χ4v) is 2.14. The van der Waals surface area contributed by atoms with Gasteiger partial charge in [0, 0.05) is 34.2 Å². The number of hydrogen-bond donors (Lipinski definition) is 0. The lowest BCUT2D eigenvalue weighted by Gasteiger charge is -2.21. The van der Waals surface area contributed by atoms with Crippen LogP contribution in [0.1, 0.15) is 6.92 Å². The summed E-state index contributed by atoms with van der Waals surface area (Å²) in [4.78, 5) is 13.4. The molecule has 0 aliphatic rings. The van der Waals surface area contributed by atoms with E-state index in [0.717, 1.165) is 0 Å². The van der Waals surface area contributed by atoms with Crippen LogP contribution in [-0.2, 0) is 42.7 Å². The number of amides is 1. The number of nitrogens with zero attached hydrogens (tertiary/aromatic N) is 1. The van der Waals surface area contributed by atoms with Crippen molar-refractivity contribution in [3.63, 3.8) is 0 Å². The maximum Gasteiger partial charge on any atom is 0.219 e. The highest BCUT2D eigenvalue weighted by Gasteiger charge is 2.08. The molecule has 0 unspecified atom stereocenters. The van der Waals surface area contributed by atoms with Crippen LogP contribution in [0.25, 0.3) is 0 Å². The average molecular weight is 440 g/mol. The van der Waals surface area contributed by atoms with Crippen molar-refractivity contribution in [1.82, 2.24) is 4.90 Å². The summed E-state index contributed by atoms with van der Waals surface area (Å²) in [7, 11) is 3.27. The summed E-state index contributed by atoms with van der Waals surface area (Å²) in [5.41, 5.74) is 0. The van der Waals surface area contributed by atoms with Gasteiger partial charge in [0.05, 0.1) is 92.5 Å². The van der Waals surface area contributed by atoms with Crippen LogP contribution in [0.2, 0.25) is 0 Å². The fraction of sp³-hybridized carbons (Fsp3) is 0.950. The Hall–Kier alpha value is -0.850. The van der Waals surface area contributed by atoms with Gasteiger partial charge in [-0.25, -0.2) is 0 Å². The number of hydrogen-bond acceptors (Lipinski definition) is 9. The summed E-state index contributed by atoms with van der Waals surface area (Å²) < 4.78 is 42.1. The first-order valence-electron chi connectivity index (χ1n) is 10.4. The largest absolute Gasteiger partial charge is 0.382 e. The molecule has 0 aliphatic carbocycles. The number of rotatable bonds is 24. The molecule has 0 heterocycles. The summed E-state index contributed by atoms with van der Waals surface area (Å²) >= 11 is 0. The lowest BCUT2D eigenvalue weighted by molar-refractivity contribution is -0.130. The van der Waals surface area contributed by atoms with Gasteiger partial charge < -0.3 is 42.8 Å². The van der Waals surface area contributed by atoms with Gasteiger partial charge in [-0.05, 0) is 0 Å². The van der Waals surface area contributed by atoms with Gasteiger partial charge in [0.1, 0.15) is 0 Å². The van der Waals surface area contributed by atoms with E-state index in [1.165, 1.54) is 0 Å². The molecule has 0 rings (SSSR count). The molecule has 1 amide bonds. The van der Waals surface area contributed by atoms with Crippen molar-refractivity contribution >= 4 is 5.91 Å². The summed E-state index contributed by atoms with van der Waals surface area (Å²) in [6.45, 7) is 9.87. The Morgan fingerprint density at radius 3 is 1.03 bits per heavy atom. The normalized spacial score (nSPS) is 11.2. The van der Waals surface area contributed by atoms with E-state index >= 15 is 0 Å². The fourth-order valence-electron chi connectivity index (χ4n) is 2.14. The van der Waals surface area contributed by atoms with E-state index < -0.39 is 0 Å². The van der Waals surface area contributed by atoms with E-state index in [1.807, 2.05) is 0 Å². The van der Waals surface area contributed by atoms with E-state index in [1.54, 1.807) is 26.0 Å². The second kappa shape index (κ2) is 24.4. The van der Waals surface area contributed by atoms with Gasteiger partial charge in [-0.15, -0.1) is 0 Å². The first kappa shape index (κ1) is 29.1. The van der Waals surface area contributed by atoms with E-state index in [-0.39, 0.29) is 5.91 Å². The number of ether oxygens (including phenoxy) is 8. The first-order chi connectivity index (χ1) is 14.7. The Bertz CT molecular complexity index is 335. The smallest absolute Gasteiger partial charge is 0.219 e. The highest BCUT2D eigenvalue weighted by Crippen LogP contribution is 1.92. The zero-order valence-corrected chi connectivity index (χ0v) is 18.9. The molecule has 0 fully saturated rings. The van der Waals surface area contributed by atoms with Crippen molar-refractivity contribution in [2.45, 2.75) is 6.92 Å². The van der Waals surface area contributed by atoms with Crippen LogP contribution in [0, 0.1) is 0 Å². The molecule has 0 N–H and O–H groups in total. The van der Waals surface area contributed by atoms with E-state index in [9.17, 15) is 4.79 Å². The second-order valence-corrected chi connectivity index (χ2v) is 6.17. The number of carbonyl (C=O) groups is 1. The van der Waals surface area contributed by atoms with Gasteiger partial charge in [-0.3, -0.25) is 4.79 Å². The van der Waals surface area contributed by atoms with Crippen molar-refractivity contribution < 1.29 is 42.7 Å². The molecule has 0 saturated carbocycles. The van der Waals surface area contributed by atoms with Crippen molar-refractivity contribution in [2.75, 3.05) is 120 Å².